The van der Waals surface area contributed by atoms with E-state index in [9.17, 15) is 9.59 Å². The Hall–Kier alpha value is -3.08. The molecule has 4 rings (SSSR count). The molecule has 1 amide bonds. The van der Waals surface area contributed by atoms with Crippen LogP contribution in [0.2, 0.25) is 0 Å². The summed E-state index contributed by atoms with van der Waals surface area (Å²) in [6.45, 7) is 4.57. The van der Waals surface area contributed by atoms with Gasteiger partial charge in [-0.15, -0.1) is 0 Å². The summed E-state index contributed by atoms with van der Waals surface area (Å²) < 4.78 is 5.44. The van der Waals surface area contributed by atoms with Crippen LogP contribution in [0.25, 0.3) is 11.0 Å². The van der Waals surface area contributed by atoms with Crippen molar-refractivity contribution < 1.29 is 9.21 Å². The van der Waals surface area contributed by atoms with Crippen LogP contribution in [-0.4, -0.2) is 5.91 Å². The van der Waals surface area contributed by atoms with Crippen LogP contribution in [-0.2, 0) is 24.2 Å². The first-order valence-electron chi connectivity index (χ1n) is 10.2. The minimum absolute atomic E-state index is 0.0238. The Bertz CT molecular complexity index is 1100. The van der Waals surface area contributed by atoms with E-state index in [1.807, 2.05) is 44.2 Å². The number of carbonyl (C=O) groups excluding carboxylic acids is 1. The molecule has 5 nitrogen and oxygen atoms in total. The van der Waals surface area contributed by atoms with Gasteiger partial charge in [-0.3, -0.25) is 4.79 Å². The van der Waals surface area contributed by atoms with Crippen LogP contribution < -0.4 is 16.3 Å². The molecule has 0 fully saturated rings. The Morgan fingerprint density at radius 3 is 2.45 bits per heavy atom. The minimum atomic E-state index is -0.324. The number of hydrogen-bond donors (Lipinski definition) is 2. The van der Waals surface area contributed by atoms with Crippen molar-refractivity contribution in [2.24, 2.45) is 5.92 Å². The summed E-state index contributed by atoms with van der Waals surface area (Å²) in [5.74, 6) is 0.353. The number of carbonyl (C=O) groups is 1. The average molecular weight is 390 g/mol. The molecule has 0 unspecified atom stereocenters. The summed E-state index contributed by atoms with van der Waals surface area (Å²) in [4.78, 5) is 23.9. The van der Waals surface area contributed by atoms with Crippen LogP contribution >= 0.6 is 0 Å². The van der Waals surface area contributed by atoms with E-state index in [1.54, 1.807) is 6.07 Å². The lowest BCUT2D eigenvalue weighted by Crippen LogP contribution is -2.13. The van der Waals surface area contributed by atoms with Gasteiger partial charge in [-0.1, -0.05) is 13.8 Å². The smallest absolute Gasteiger partial charge is 0.336 e. The Labute approximate surface area is 170 Å². The van der Waals surface area contributed by atoms with E-state index in [1.165, 1.54) is 11.1 Å². The lowest BCUT2D eigenvalue weighted by Gasteiger charge is -2.11. The second-order valence-corrected chi connectivity index (χ2v) is 8.14. The average Bonchev–Trinajstić information content (AvgIpc) is 3.12. The van der Waals surface area contributed by atoms with Crippen molar-refractivity contribution in [2.45, 2.75) is 46.1 Å². The standard InChI is InChI=1S/C24H26N2O3/c1-15(2)10-23(27)26-20-8-6-19(7-9-20)25-14-18-13-24(28)29-22-12-17-5-3-4-16(17)11-21(18)22/h6-9,11-13,15,25H,3-5,10,14H2,1-2H3,(H,26,27). The molecule has 1 aromatic heterocycles. The molecule has 2 aromatic carbocycles. The van der Waals surface area contributed by atoms with Gasteiger partial charge in [0.1, 0.15) is 5.58 Å². The molecule has 5 heteroatoms. The molecule has 1 heterocycles. The lowest BCUT2D eigenvalue weighted by atomic mass is 10.0. The number of anilines is 2. The molecule has 1 aliphatic carbocycles. The molecule has 0 radical (unpaired) electrons. The van der Waals surface area contributed by atoms with E-state index in [-0.39, 0.29) is 11.5 Å². The number of nitrogens with one attached hydrogen (secondary N) is 2. The second kappa shape index (κ2) is 8.11. The molecule has 0 spiro atoms. The number of benzene rings is 2. The molecule has 0 atom stereocenters. The van der Waals surface area contributed by atoms with Crippen molar-refractivity contribution in [1.29, 1.82) is 0 Å². The van der Waals surface area contributed by atoms with Gasteiger partial charge in [0.15, 0.2) is 0 Å². The van der Waals surface area contributed by atoms with E-state index < -0.39 is 0 Å². The summed E-state index contributed by atoms with van der Waals surface area (Å²) in [5.41, 5.74) is 5.63. The third-order valence-electron chi connectivity index (χ3n) is 5.29. The molecule has 2 N–H and O–H groups in total. The highest BCUT2D eigenvalue weighted by Crippen LogP contribution is 2.29. The second-order valence-electron chi connectivity index (χ2n) is 8.14. The van der Waals surface area contributed by atoms with Crippen LogP contribution in [0.1, 0.15) is 43.4 Å². The molecule has 0 bridgehead atoms. The highest BCUT2D eigenvalue weighted by molar-refractivity contribution is 5.91. The summed E-state index contributed by atoms with van der Waals surface area (Å²) in [6.07, 6.45) is 3.80. The first-order chi connectivity index (χ1) is 14.0. The maximum Gasteiger partial charge on any atom is 0.336 e. The molecule has 150 valence electrons. The van der Waals surface area contributed by atoms with Gasteiger partial charge in [-0.25, -0.2) is 4.79 Å². The summed E-state index contributed by atoms with van der Waals surface area (Å²) in [6, 6.07) is 13.4. The molecule has 0 aliphatic heterocycles. The van der Waals surface area contributed by atoms with Crippen molar-refractivity contribution >= 4 is 28.3 Å². The highest BCUT2D eigenvalue weighted by Gasteiger charge is 2.15. The maximum atomic E-state index is 12.0. The number of rotatable bonds is 6. The first kappa shape index (κ1) is 19.2. The Kier molecular flexibility index (Phi) is 5.38. The lowest BCUT2D eigenvalue weighted by molar-refractivity contribution is -0.116. The topological polar surface area (TPSA) is 71.3 Å². The van der Waals surface area contributed by atoms with Crippen LogP contribution in [0.4, 0.5) is 11.4 Å². The molecule has 29 heavy (non-hydrogen) atoms. The van der Waals surface area contributed by atoms with Crippen LogP contribution in [0.3, 0.4) is 0 Å². The maximum absolute atomic E-state index is 12.0. The zero-order chi connectivity index (χ0) is 20.4. The van der Waals surface area contributed by atoms with Crippen molar-refractivity contribution in [3.63, 3.8) is 0 Å². The fourth-order valence-corrected chi connectivity index (χ4v) is 3.89. The van der Waals surface area contributed by atoms with E-state index in [2.05, 4.69) is 16.7 Å². The number of fused-ring (bicyclic) bond motifs is 2. The van der Waals surface area contributed by atoms with Crippen LogP contribution in [0.15, 0.2) is 51.7 Å². The summed E-state index contributed by atoms with van der Waals surface area (Å²) >= 11 is 0. The predicted octanol–water partition coefficient (Wildman–Crippen LogP) is 4.88. The zero-order valence-corrected chi connectivity index (χ0v) is 16.9. The molecule has 1 aliphatic rings. The SMILES string of the molecule is CC(C)CC(=O)Nc1ccc(NCc2cc(=O)oc3cc4c(cc23)CCC4)cc1. The summed E-state index contributed by atoms with van der Waals surface area (Å²) in [7, 11) is 0. The van der Waals surface area contributed by atoms with Gasteiger partial charge in [0.2, 0.25) is 5.91 Å². The molecule has 0 saturated heterocycles. The van der Waals surface area contributed by atoms with Gasteiger partial charge >= 0.3 is 5.63 Å². The van der Waals surface area contributed by atoms with E-state index in [0.29, 0.717) is 24.5 Å². The normalized spacial score (nSPS) is 12.9. The predicted molar refractivity (Wildman–Crippen MR) is 116 cm³/mol. The molecular weight excluding hydrogens is 364 g/mol. The first-order valence-corrected chi connectivity index (χ1v) is 10.2. The minimum Gasteiger partial charge on any atom is -0.423 e. The third-order valence-corrected chi connectivity index (χ3v) is 5.29. The molecule has 0 saturated carbocycles. The fourth-order valence-electron chi connectivity index (χ4n) is 3.89. The van der Waals surface area contributed by atoms with E-state index in [0.717, 1.165) is 41.6 Å². The van der Waals surface area contributed by atoms with Crippen LogP contribution in [0, 0.1) is 5.92 Å². The Balaban J connectivity index is 1.48. The molecule has 3 aromatic rings. The monoisotopic (exact) mass is 390 g/mol. The summed E-state index contributed by atoms with van der Waals surface area (Å²) in [5, 5.41) is 7.27. The third kappa shape index (κ3) is 4.50. The van der Waals surface area contributed by atoms with Gasteiger partial charge in [0.05, 0.1) is 0 Å². The van der Waals surface area contributed by atoms with Gasteiger partial charge in [0, 0.05) is 35.8 Å². The number of aryl methyl sites for hydroxylation is 2. The van der Waals surface area contributed by atoms with Crippen LogP contribution in [0.5, 0.6) is 0 Å². The van der Waals surface area contributed by atoms with Crippen molar-refractivity contribution in [1.82, 2.24) is 0 Å². The van der Waals surface area contributed by atoms with E-state index >= 15 is 0 Å². The fraction of sp³-hybridized carbons (Fsp3) is 0.333. The highest BCUT2D eigenvalue weighted by atomic mass is 16.4. The zero-order valence-electron chi connectivity index (χ0n) is 16.9. The quantitative estimate of drug-likeness (QED) is 0.589. The number of amides is 1. The van der Waals surface area contributed by atoms with E-state index in [4.69, 9.17) is 4.42 Å². The van der Waals surface area contributed by atoms with Crippen molar-refractivity contribution in [3.05, 3.63) is 69.6 Å². The van der Waals surface area contributed by atoms with Crippen molar-refractivity contribution in [3.8, 4) is 0 Å². The number of hydrogen-bond acceptors (Lipinski definition) is 4. The Morgan fingerprint density at radius 1 is 1.03 bits per heavy atom. The Morgan fingerprint density at radius 2 is 1.72 bits per heavy atom. The van der Waals surface area contributed by atoms with Gasteiger partial charge < -0.3 is 15.1 Å². The van der Waals surface area contributed by atoms with Crippen molar-refractivity contribution in [2.75, 3.05) is 10.6 Å². The van der Waals surface area contributed by atoms with Gasteiger partial charge in [0.25, 0.3) is 0 Å². The largest absolute Gasteiger partial charge is 0.423 e. The molecular formula is C24H26N2O3. The van der Waals surface area contributed by atoms with Gasteiger partial charge in [-0.2, -0.15) is 0 Å². The van der Waals surface area contributed by atoms with Gasteiger partial charge in [-0.05, 0) is 78.3 Å².